The Morgan fingerprint density at radius 1 is 0.794 bits per heavy atom. The van der Waals surface area contributed by atoms with E-state index in [0.29, 0.717) is 25.5 Å². The number of carbonyl (C=O) groups excluding carboxylic acids is 1. The molecule has 1 aliphatic rings. The third-order valence-electron chi connectivity index (χ3n) is 6.07. The standard InChI is InChI=1S/C29H34N2O3/c32-29(30-16-19-31-17-8-3-9-18-31)20-26-14-15-27(33-22-24-10-4-1-5-11-24)21-28(26)34-23-25-12-6-2-7-13-25/h1-2,4-7,10-15,21H,3,8-9,16-20,22-23H2,(H,30,32). The highest BCUT2D eigenvalue weighted by atomic mass is 16.5. The molecule has 1 heterocycles. The first-order valence-corrected chi connectivity index (χ1v) is 12.2. The van der Waals surface area contributed by atoms with Crippen molar-refractivity contribution in [3.05, 3.63) is 95.6 Å². The molecule has 0 saturated carbocycles. The average Bonchev–Trinajstić information content (AvgIpc) is 2.89. The average molecular weight is 459 g/mol. The number of hydrogen-bond donors (Lipinski definition) is 1. The maximum atomic E-state index is 12.7. The van der Waals surface area contributed by atoms with Gasteiger partial charge in [-0.05, 0) is 43.1 Å². The Balaban J connectivity index is 1.37. The number of nitrogens with zero attached hydrogens (tertiary/aromatic N) is 1. The lowest BCUT2D eigenvalue weighted by Crippen LogP contribution is -2.38. The van der Waals surface area contributed by atoms with Crippen LogP contribution in [0.3, 0.4) is 0 Å². The molecule has 1 saturated heterocycles. The quantitative estimate of drug-likeness (QED) is 0.440. The molecule has 34 heavy (non-hydrogen) atoms. The van der Waals surface area contributed by atoms with Gasteiger partial charge in [0.25, 0.3) is 0 Å². The number of nitrogens with one attached hydrogen (secondary N) is 1. The zero-order valence-corrected chi connectivity index (χ0v) is 19.7. The van der Waals surface area contributed by atoms with E-state index < -0.39 is 0 Å². The molecule has 0 atom stereocenters. The van der Waals surface area contributed by atoms with Crippen LogP contribution in [0.2, 0.25) is 0 Å². The van der Waals surface area contributed by atoms with E-state index in [4.69, 9.17) is 9.47 Å². The number of piperidine rings is 1. The van der Waals surface area contributed by atoms with Crippen LogP contribution in [0.1, 0.15) is 36.0 Å². The van der Waals surface area contributed by atoms with E-state index in [0.717, 1.165) is 42.1 Å². The summed E-state index contributed by atoms with van der Waals surface area (Å²) in [5, 5.41) is 3.07. The second-order valence-electron chi connectivity index (χ2n) is 8.75. The van der Waals surface area contributed by atoms with Gasteiger partial charge in [-0.2, -0.15) is 0 Å². The first-order chi connectivity index (χ1) is 16.8. The zero-order chi connectivity index (χ0) is 23.4. The Morgan fingerprint density at radius 3 is 2.12 bits per heavy atom. The number of likely N-dealkylation sites (tertiary alicyclic amines) is 1. The smallest absolute Gasteiger partial charge is 0.224 e. The van der Waals surface area contributed by atoms with Crippen LogP contribution in [-0.4, -0.2) is 37.0 Å². The van der Waals surface area contributed by atoms with Crippen molar-refractivity contribution in [2.24, 2.45) is 0 Å². The lowest BCUT2D eigenvalue weighted by atomic mass is 10.1. The molecule has 1 amide bonds. The number of ether oxygens (including phenoxy) is 2. The summed E-state index contributed by atoms with van der Waals surface area (Å²) in [6.45, 7) is 4.78. The summed E-state index contributed by atoms with van der Waals surface area (Å²) in [6, 6.07) is 25.8. The van der Waals surface area contributed by atoms with Crippen LogP contribution in [0.5, 0.6) is 11.5 Å². The molecule has 3 aromatic rings. The van der Waals surface area contributed by atoms with Gasteiger partial charge in [-0.3, -0.25) is 4.79 Å². The van der Waals surface area contributed by atoms with Gasteiger partial charge >= 0.3 is 0 Å². The van der Waals surface area contributed by atoms with Crippen LogP contribution in [0.25, 0.3) is 0 Å². The number of amides is 1. The van der Waals surface area contributed by atoms with Crippen molar-refractivity contribution < 1.29 is 14.3 Å². The van der Waals surface area contributed by atoms with Crippen molar-refractivity contribution in [3.63, 3.8) is 0 Å². The molecule has 1 N–H and O–H groups in total. The van der Waals surface area contributed by atoms with Gasteiger partial charge in [0.2, 0.25) is 5.91 Å². The lowest BCUT2D eigenvalue weighted by Gasteiger charge is -2.26. The third-order valence-corrected chi connectivity index (χ3v) is 6.07. The molecule has 0 unspecified atom stereocenters. The first kappa shape index (κ1) is 23.8. The topological polar surface area (TPSA) is 50.8 Å². The van der Waals surface area contributed by atoms with Crippen molar-refractivity contribution in [3.8, 4) is 11.5 Å². The number of benzene rings is 3. The molecule has 5 nitrogen and oxygen atoms in total. The van der Waals surface area contributed by atoms with Gasteiger partial charge in [-0.25, -0.2) is 0 Å². The van der Waals surface area contributed by atoms with Crippen molar-refractivity contribution >= 4 is 5.91 Å². The Morgan fingerprint density at radius 2 is 1.44 bits per heavy atom. The number of rotatable bonds is 11. The Hall–Kier alpha value is -3.31. The molecule has 0 aromatic heterocycles. The Kier molecular flexibility index (Phi) is 8.98. The van der Waals surface area contributed by atoms with E-state index in [1.165, 1.54) is 19.3 Å². The summed E-state index contributed by atoms with van der Waals surface area (Å²) in [7, 11) is 0. The van der Waals surface area contributed by atoms with E-state index >= 15 is 0 Å². The van der Waals surface area contributed by atoms with Gasteiger partial charge in [0.05, 0.1) is 6.42 Å². The van der Waals surface area contributed by atoms with Crippen LogP contribution < -0.4 is 14.8 Å². The fourth-order valence-corrected chi connectivity index (χ4v) is 4.15. The summed E-state index contributed by atoms with van der Waals surface area (Å²) < 4.78 is 12.1. The highest BCUT2D eigenvalue weighted by Gasteiger charge is 2.13. The molecule has 178 valence electrons. The summed E-state index contributed by atoms with van der Waals surface area (Å²) in [4.78, 5) is 15.1. The SMILES string of the molecule is O=C(Cc1ccc(OCc2ccccc2)cc1OCc1ccccc1)NCCN1CCCCC1. The molecule has 0 radical (unpaired) electrons. The second kappa shape index (κ2) is 12.8. The third kappa shape index (κ3) is 7.63. The number of hydrogen-bond acceptors (Lipinski definition) is 4. The van der Waals surface area contributed by atoms with Crippen molar-refractivity contribution in [2.75, 3.05) is 26.2 Å². The van der Waals surface area contributed by atoms with Crippen molar-refractivity contribution in [1.29, 1.82) is 0 Å². The van der Waals surface area contributed by atoms with Gasteiger partial charge in [-0.1, -0.05) is 73.2 Å². The minimum atomic E-state index is 0.0134. The van der Waals surface area contributed by atoms with Crippen molar-refractivity contribution in [2.45, 2.75) is 38.9 Å². The summed E-state index contributed by atoms with van der Waals surface area (Å²) >= 11 is 0. The van der Waals surface area contributed by atoms with Crippen molar-refractivity contribution in [1.82, 2.24) is 10.2 Å². The Labute approximate surface area is 202 Å². The predicted octanol–water partition coefficient (Wildman–Crippen LogP) is 4.99. The van der Waals surface area contributed by atoms with Gasteiger partial charge in [0.1, 0.15) is 24.7 Å². The molecule has 0 spiro atoms. The Bertz CT molecular complexity index is 1020. The van der Waals surface area contributed by atoms with Gasteiger partial charge in [0.15, 0.2) is 0 Å². The van der Waals surface area contributed by atoms with Crippen LogP contribution >= 0.6 is 0 Å². The van der Waals surface area contributed by atoms with Gasteiger partial charge in [0, 0.05) is 24.7 Å². The molecule has 0 bridgehead atoms. The molecule has 5 heteroatoms. The fraction of sp³-hybridized carbons (Fsp3) is 0.345. The summed E-state index contributed by atoms with van der Waals surface area (Å²) in [5.41, 5.74) is 3.04. The molecule has 1 aliphatic heterocycles. The maximum absolute atomic E-state index is 12.7. The molecular formula is C29H34N2O3. The van der Waals surface area contributed by atoms with Crippen LogP contribution in [-0.2, 0) is 24.4 Å². The van der Waals surface area contributed by atoms with Gasteiger partial charge < -0.3 is 19.7 Å². The monoisotopic (exact) mass is 458 g/mol. The maximum Gasteiger partial charge on any atom is 0.224 e. The molecule has 1 fully saturated rings. The van der Waals surface area contributed by atoms with E-state index in [-0.39, 0.29) is 12.3 Å². The highest BCUT2D eigenvalue weighted by Crippen LogP contribution is 2.27. The van der Waals surface area contributed by atoms with Gasteiger partial charge in [-0.15, -0.1) is 0 Å². The highest BCUT2D eigenvalue weighted by molar-refractivity contribution is 5.79. The van der Waals surface area contributed by atoms with Crippen LogP contribution in [0.15, 0.2) is 78.9 Å². The normalized spacial score (nSPS) is 13.9. The largest absolute Gasteiger partial charge is 0.489 e. The summed E-state index contributed by atoms with van der Waals surface area (Å²) in [5.74, 6) is 1.42. The van der Waals surface area contributed by atoms with E-state index in [1.54, 1.807) is 0 Å². The molecule has 4 rings (SSSR count). The molecule has 3 aromatic carbocycles. The van der Waals surface area contributed by atoms with E-state index in [1.807, 2.05) is 78.9 Å². The predicted molar refractivity (Wildman–Crippen MR) is 135 cm³/mol. The minimum absolute atomic E-state index is 0.0134. The lowest BCUT2D eigenvalue weighted by molar-refractivity contribution is -0.120. The minimum Gasteiger partial charge on any atom is -0.489 e. The molecule has 0 aliphatic carbocycles. The zero-order valence-electron chi connectivity index (χ0n) is 19.7. The van der Waals surface area contributed by atoms with E-state index in [2.05, 4.69) is 10.2 Å². The number of carbonyl (C=O) groups is 1. The van der Waals surface area contributed by atoms with Crippen LogP contribution in [0, 0.1) is 0 Å². The first-order valence-electron chi connectivity index (χ1n) is 12.2. The summed E-state index contributed by atoms with van der Waals surface area (Å²) in [6.07, 6.45) is 4.12. The fourth-order valence-electron chi connectivity index (χ4n) is 4.15. The molecular weight excluding hydrogens is 424 g/mol. The van der Waals surface area contributed by atoms with E-state index in [9.17, 15) is 4.79 Å². The second-order valence-corrected chi connectivity index (χ2v) is 8.75. The van der Waals surface area contributed by atoms with Crippen LogP contribution in [0.4, 0.5) is 0 Å².